The van der Waals surface area contributed by atoms with Gasteiger partial charge < -0.3 is 19.1 Å². The monoisotopic (exact) mass is 359 g/mol. The minimum atomic E-state index is 0.0609. The molecule has 0 aromatic carbocycles. The van der Waals surface area contributed by atoms with Gasteiger partial charge in [0.2, 0.25) is 5.89 Å². The Morgan fingerprint density at radius 3 is 2.77 bits per heavy atom. The number of nitrogens with zero attached hydrogens (tertiary/aromatic N) is 4. The van der Waals surface area contributed by atoms with E-state index in [4.69, 9.17) is 9.26 Å². The molecule has 1 N–H and O–H groups in total. The smallest absolute Gasteiger partial charge is 0.229 e. The number of aryl methyl sites for hydroxylation is 2. The van der Waals surface area contributed by atoms with Gasteiger partial charge in [0.05, 0.1) is 0 Å². The molecule has 26 heavy (non-hydrogen) atoms. The van der Waals surface area contributed by atoms with Crippen molar-refractivity contribution in [1.82, 2.24) is 25.0 Å². The van der Waals surface area contributed by atoms with Gasteiger partial charge in [0, 0.05) is 50.0 Å². The Balaban J connectivity index is 1.33. The number of aromatic nitrogens is 4. The molecule has 4 rings (SSSR count). The number of hydrogen-bond donors (Lipinski definition) is 1. The van der Waals surface area contributed by atoms with Gasteiger partial charge in [0.15, 0.2) is 5.82 Å². The zero-order valence-electron chi connectivity index (χ0n) is 15.7. The molecule has 0 spiro atoms. The van der Waals surface area contributed by atoms with Crippen LogP contribution in [-0.4, -0.2) is 38.4 Å². The molecule has 2 aromatic rings. The number of rotatable bonds is 6. The van der Waals surface area contributed by atoms with Crippen molar-refractivity contribution < 1.29 is 9.26 Å². The van der Waals surface area contributed by atoms with Crippen molar-refractivity contribution in [3.05, 3.63) is 29.9 Å². The highest BCUT2D eigenvalue weighted by atomic mass is 16.5. The van der Waals surface area contributed by atoms with Gasteiger partial charge in [-0.05, 0) is 39.0 Å². The van der Waals surface area contributed by atoms with Crippen molar-refractivity contribution in [2.45, 2.75) is 83.0 Å². The molecule has 2 atom stereocenters. The summed E-state index contributed by atoms with van der Waals surface area (Å²) in [6.07, 6.45) is 10.3. The quantitative estimate of drug-likeness (QED) is 0.854. The molecule has 7 heteroatoms. The minimum absolute atomic E-state index is 0.0609. The van der Waals surface area contributed by atoms with Crippen LogP contribution in [0.3, 0.4) is 0 Å². The summed E-state index contributed by atoms with van der Waals surface area (Å²) in [4.78, 5) is 9.06. The lowest BCUT2D eigenvalue weighted by Gasteiger charge is -2.31. The highest BCUT2D eigenvalue weighted by Crippen LogP contribution is 2.34. The van der Waals surface area contributed by atoms with Crippen LogP contribution in [0, 0.1) is 0 Å². The van der Waals surface area contributed by atoms with Crippen LogP contribution in [-0.2, 0) is 17.7 Å². The van der Waals surface area contributed by atoms with Crippen LogP contribution in [0.15, 0.2) is 16.9 Å². The summed E-state index contributed by atoms with van der Waals surface area (Å²) in [7, 11) is 0. The maximum atomic E-state index is 6.02. The largest absolute Gasteiger partial charge is 0.369 e. The predicted molar refractivity (Wildman–Crippen MR) is 96.8 cm³/mol. The van der Waals surface area contributed by atoms with E-state index in [9.17, 15) is 0 Å². The Labute approximate surface area is 154 Å². The van der Waals surface area contributed by atoms with Crippen LogP contribution in [0.2, 0.25) is 0 Å². The van der Waals surface area contributed by atoms with E-state index in [0.717, 1.165) is 69.2 Å². The lowest BCUT2D eigenvalue weighted by atomic mass is 9.85. The maximum absolute atomic E-state index is 6.02. The molecule has 0 unspecified atom stereocenters. The standard InChI is InChI=1S/C19H29N5O2/c1-3-16-22-19(26-23-16)13-5-7-14(8-6-13)21-15-9-12-25-17(15)18-20-10-11-24(18)4-2/h10-11,13-15,17,21H,3-9,12H2,1-2H3/t13?,14?,15-,17-/m0/s1. The second-order valence-electron chi connectivity index (χ2n) is 7.38. The Bertz CT molecular complexity index is 704. The highest BCUT2D eigenvalue weighted by molar-refractivity contribution is 5.04. The summed E-state index contributed by atoms with van der Waals surface area (Å²) in [5.41, 5.74) is 0. The molecule has 142 valence electrons. The summed E-state index contributed by atoms with van der Waals surface area (Å²) >= 11 is 0. The van der Waals surface area contributed by atoms with E-state index in [1.165, 1.54) is 0 Å². The summed E-state index contributed by atoms with van der Waals surface area (Å²) < 4.78 is 13.6. The molecule has 0 bridgehead atoms. The van der Waals surface area contributed by atoms with Crippen molar-refractivity contribution in [1.29, 1.82) is 0 Å². The van der Waals surface area contributed by atoms with Crippen molar-refractivity contribution in [3.8, 4) is 0 Å². The third-order valence-corrected chi connectivity index (χ3v) is 5.76. The molecule has 0 amide bonds. The molecular formula is C19H29N5O2. The first-order valence-corrected chi connectivity index (χ1v) is 9.99. The van der Waals surface area contributed by atoms with Gasteiger partial charge in [-0.3, -0.25) is 0 Å². The average Bonchev–Trinajstić information content (AvgIpc) is 3.42. The summed E-state index contributed by atoms with van der Waals surface area (Å²) in [6, 6.07) is 0.874. The fourth-order valence-corrected chi connectivity index (χ4v) is 4.25. The van der Waals surface area contributed by atoms with Crippen molar-refractivity contribution in [3.63, 3.8) is 0 Å². The molecule has 1 aliphatic heterocycles. The van der Waals surface area contributed by atoms with Gasteiger partial charge in [-0.2, -0.15) is 4.98 Å². The topological polar surface area (TPSA) is 78.0 Å². The van der Waals surface area contributed by atoms with Crippen molar-refractivity contribution >= 4 is 0 Å². The Morgan fingerprint density at radius 2 is 2.04 bits per heavy atom. The highest BCUT2D eigenvalue weighted by Gasteiger charge is 2.35. The first-order chi connectivity index (χ1) is 12.8. The normalized spacial score (nSPS) is 29.3. The molecule has 3 heterocycles. The summed E-state index contributed by atoms with van der Waals surface area (Å²) in [6.45, 7) is 5.93. The SMILES string of the molecule is CCc1noc(C2CCC(N[C@H]3CCO[C@@H]3c3nccn3CC)CC2)n1. The Kier molecular flexibility index (Phi) is 5.36. The van der Waals surface area contributed by atoms with Gasteiger partial charge in [-0.15, -0.1) is 0 Å². The lowest BCUT2D eigenvalue weighted by Crippen LogP contribution is -2.42. The van der Waals surface area contributed by atoms with Crippen molar-refractivity contribution in [2.24, 2.45) is 0 Å². The third-order valence-electron chi connectivity index (χ3n) is 5.76. The van der Waals surface area contributed by atoms with Crippen molar-refractivity contribution in [2.75, 3.05) is 6.61 Å². The van der Waals surface area contributed by atoms with E-state index >= 15 is 0 Å². The van der Waals surface area contributed by atoms with E-state index in [1.54, 1.807) is 0 Å². The number of ether oxygens (including phenoxy) is 1. The van der Waals surface area contributed by atoms with E-state index in [0.29, 0.717) is 18.0 Å². The first-order valence-electron chi connectivity index (χ1n) is 9.99. The molecule has 2 aliphatic rings. The lowest BCUT2D eigenvalue weighted by molar-refractivity contribution is 0.0847. The molecular weight excluding hydrogens is 330 g/mol. The van der Waals surface area contributed by atoms with Crippen LogP contribution in [0.4, 0.5) is 0 Å². The second-order valence-corrected chi connectivity index (χ2v) is 7.38. The predicted octanol–water partition coefficient (Wildman–Crippen LogP) is 2.99. The molecule has 7 nitrogen and oxygen atoms in total. The fraction of sp³-hybridized carbons (Fsp3) is 0.737. The number of hydrogen-bond acceptors (Lipinski definition) is 6. The van der Waals surface area contributed by atoms with Crippen LogP contribution in [0.25, 0.3) is 0 Å². The number of imidazole rings is 1. The summed E-state index contributed by atoms with van der Waals surface area (Å²) in [5.74, 6) is 3.11. The molecule has 2 fully saturated rings. The fourth-order valence-electron chi connectivity index (χ4n) is 4.25. The molecule has 0 radical (unpaired) electrons. The van der Waals surface area contributed by atoms with E-state index in [1.807, 2.05) is 12.4 Å². The molecule has 1 saturated carbocycles. The Morgan fingerprint density at radius 1 is 1.19 bits per heavy atom. The zero-order chi connectivity index (χ0) is 17.9. The molecule has 1 aliphatic carbocycles. The maximum Gasteiger partial charge on any atom is 0.229 e. The Hall–Kier alpha value is -1.73. The van der Waals surface area contributed by atoms with Gasteiger partial charge in [0.25, 0.3) is 0 Å². The van der Waals surface area contributed by atoms with Gasteiger partial charge in [-0.25, -0.2) is 4.98 Å². The van der Waals surface area contributed by atoms with Gasteiger partial charge >= 0.3 is 0 Å². The molecule has 1 saturated heterocycles. The van der Waals surface area contributed by atoms with Crippen LogP contribution >= 0.6 is 0 Å². The summed E-state index contributed by atoms with van der Waals surface area (Å²) in [5, 5.41) is 7.89. The van der Waals surface area contributed by atoms with Gasteiger partial charge in [-0.1, -0.05) is 12.1 Å². The number of nitrogens with one attached hydrogen (secondary N) is 1. The van der Waals surface area contributed by atoms with Crippen LogP contribution in [0.1, 0.15) is 75.5 Å². The van der Waals surface area contributed by atoms with Crippen LogP contribution in [0.5, 0.6) is 0 Å². The zero-order valence-corrected chi connectivity index (χ0v) is 15.7. The second kappa shape index (κ2) is 7.88. The van der Waals surface area contributed by atoms with E-state index < -0.39 is 0 Å². The first kappa shape index (κ1) is 17.7. The van der Waals surface area contributed by atoms with Crippen LogP contribution < -0.4 is 5.32 Å². The van der Waals surface area contributed by atoms with E-state index in [2.05, 4.69) is 38.9 Å². The molecule has 2 aromatic heterocycles. The van der Waals surface area contributed by atoms with E-state index in [-0.39, 0.29) is 6.10 Å². The third kappa shape index (κ3) is 3.55. The van der Waals surface area contributed by atoms with Gasteiger partial charge in [0.1, 0.15) is 11.9 Å². The minimum Gasteiger partial charge on any atom is -0.369 e. The average molecular weight is 359 g/mol.